The van der Waals surface area contributed by atoms with Crippen LogP contribution in [0.3, 0.4) is 0 Å². The van der Waals surface area contributed by atoms with E-state index < -0.39 is 0 Å². The summed E-state index contributed by atoms with van der Waals surface area (Å²) in [5.74, 6) is 5.83. The molecule has 0 spiro atoms. The zero-order valence-corrected chi connectivity index (χ0v) is 7.33. The molecule has 66 valence electrons. The molecule has 1 aromatic carbocycles. The topological polar surface area (TPSA) is 44.5 Å². The summed E-state index contributed by atoms with van der Waals surface area (Å²) >= 11 is 0. The van der Waals surface area contributed by atoms with E-state index in [9.17, 15) is 0 Å². The van der Waals surface area contributed by atoms with Crippen LogP contribution in [0.2, 0.25) is 0 Å². The number of hydrogen-bond acceptors (Lipinski definition) is 3. The lowest BCUT2D eigenvalue weighted by Gasteiger charge is -2.05. The normalized spacial score (nSPS) is 9.92. The molecular weight excluding hydrogens is 154 g/mol. The lowest BCUT2D eigenvalue weighted by molar-refractivity contribution is 0.124. The third-order valence-electron chi connectivity index (χ3n) is 1.71. The second kappa shape index (κ2) is 4.09. The predicted octanol–water partition coefficient (Wildman–Crippen LogP) is 1.39. The number of hydrogen-bond donors (Lipinski definition) is 1. The molecule has 0 aliphatic heterocycles. The molecule has 1 aromatic rings. The summed E-state index contributed by atoms with van der Waals surface area (Å²) in [5, 5.41) is 0. The second-order valence-electron chi connectivity index (χ2n) is 2.61. The van der Waals surface area contributed by atoms with Crippen molar-refractivity contribution in [2.75, 3.05) is 7.11 Å². The van der Waals surface area contributed by atoms with Gasteiger partial charge in [0.1, 0.15) is 5.75 Å². The fourth-order valence-corrected chi connectivity index (χ4v) is 1.13. The third kappa shape index (κ3) is 1.96. The molecule has 0 bridgehead atoms. The maximum atomic E-state index is 5.11. The summed E-state index contributed by atoms with van der Waals surface area (Å²) in [7, 11) is 1.65. The summed E-state index contributed by atoms with van der Waals surface area (Å²) < 4.78 is 5.11. The van der Waals surface area contributed by atoms with Gasteiger partial charge in [-0.2, -0.15) is 0 Å². The SMILES string of the molecule is COc1ccc(CON)cc1C. The highest BCUT2D eigenvalue weighted by Gasteiger charge is 1.98. The number of aryl methyl sites for hydroxylation is 1. The van der Waals surface area contributed by atoms with Crippen molar-refractivity contribution in [2.45, 2.75) is 13.5 Å². The van der Waals surface area contributed by atoms with Gasteiger partial charge in [0.2, 0.25) is 0 Å². The Morgan fingerprint density at radius 2 is 2.17 bits per heavy atom. The first-order valence-corrected chi connectivity index (χ1v) is 3.73. The molecule has 2 N–H and O–H groups in total. The van der Waals surface area contributed by atoms with Gasteiger partial charge in [-0.1, -0.05) is 12.1 Å². The summed E-state index contributed by atoms with van der Waals surface area (Å²) in [6, 6.07) is 5.83. The van der Waals surface area contributed by atoms with Crippen LogP contribution in [-0.2, 0) is 11.4 Å². The van der Waals surface area contributed by atoms with Gasteiger partial charge in [0, 0.05) is 0 Å². The van der Waals surface area contributed by atoms with E-state index in [0.717, 1.165) is 16.9 Å². The highest BCUT2D eigenvalue weighted by Crippen LogP contribution is 2.18. The number of nitrogens with two attached hydrogens (primary N) is 1. The molecule has 0 heterocycles. The molecule has 0 atom stereocenters. The minimum Gasteiger partial charge on any atom is -0.496 e. The van der Waals surface area contributed by atoms with Crippen LogP contribution in [0.25, 0.3) is 0 Å². The maximum absolute atomic E-state index is 5.11. The average Bonchev–Trinajstić information content (AvgIpc) is 2.05. The highest BCUT2D eigenvalue weighted by molar-refractivity contribution is 5.35. The Morgan fingerprint density at radius 3 is 2.67 bits per heavy atom. The average molecular weight is 167 g/mol. The first-order chi connectivity index (χ1) is 5.77. The molecule has 0 unspecified atom stereocenters. The van der Waals surface area contributed by atoms with Gasteiger partial charge in [0.15, 0.2) is 0 Å². The number of ether oxygens (including phenoxy) is 1. The Hall–Kier alpha value is -1.06. The van der Waals surface area contributed by atoms with Gasteiger partial charge in [-0.25, -0.2) is 5.90 Å². The largest absolute Gasteiger partial charge is 0.496 e. The molecule has 0 radical (unpaired) electrons. The van der Waals surface area contributed by atoms with Crippen molar-refractivity contribution in [1.29, 1.82) is 0 Å². The van der Waals surface area contributed by atoms with E-state index in [-0.39, 0.29) is 0 Å². The van der Waals surface area contributed by atoms with Crippen molar-refractivity contribution >= 4 is 0 Å². The van der Waals surface area contributed by atoms with Crippen molar-refractivity contribution in [3.05, 3.63) is 29.3 Å². The van der Waals surface area contributed by atoms with Crippen molar-refractivity contribution in [1.82, 2.24) is 0 Å². The van der Waals surface area contributed by atoms with Gasteiger partial charge in [-0.05, 0) is 24.1 Å². The van der Waals surface area contributed by atoms with E-state index in [1.165, 1.54) is 0 Å². The first-order valence-electron chi connectivity index (χ1n) is 3.73. The van der Waals surface area contributed by atoms with Gasteiger partial charge < -0.3 is 4.74 Å². The van der Waals surface area contributed by atoms with Crippen LogP contribution in [-0.4, -0.2) is 7.11 Å². The molecular formula is C9H13NO2. The number of methoxy groups -OCH3 is 1. The van der Waals surface area contributed by atoms with E-state index in [2.05, 4.69) is 4.84 Å². The molecule has 0 aromatic heterocycles. The Balaban J connectivity index is 2.86. The highest BCUT2D eigenvalue weighted by atomic mass is 16.6. The minimum atomic E-state index is 0.435. The maximum Gasteiger partial charge on any atom is 0.121 e. The quantitative estimate of drug-likeness (QED) is 0.692. The van der Waals surface area contributed by atoms with E-state index in [4.69, 9.17) is 10.6 Å². The van der Waals surface area contributed by atoms with E-state index in [0.29, 0.717) is 6.61 Å². The van der Waals surface area contributed by atoms with Gasteiger partial charge in [0.25, 0.3) is 0 Å². The molecule has 0 fully saturated rings. The summed E-state index contributed by atoms with van der Waals surface area (Å²) in [6.07, 6.45) is 0. The van der Waals surface area contributed by atoms with E-state index >= 15 is 0 Å². The predicted molar refractivity (Wildman–Crippen MR) is 46.7 cm³/mol. The Morgan fingerprint density at radius 1 is 1.42 bits per heavy atom. The van der Waals surface area contributed by atoms with Crippen molar-refractivity contribution in [3.63, 3.8) is 0 Å². The van der Waals surface area contributed by atoms with Crippen molar-refractivity contribution in [2.24, 2.45) is 5.90 Å². The van der Waals surface area contributed by atoms with E-state index in [1.54, 1.807) is 7.11 Å². The zero-order valence-electron chi connectivity index (χ0n) is 7.33. The van der Waals surface area contributed by atoms with Crippen molar-refractivity contribution < 1.29 is 9.57 Å². The van der Waals surface area contributed by atoms with Crippen molar-refractivity contribution in [3.8, 4) is 5.75 Å². The summed E-state index contributed by atoms with van der Waals surface area (Å²) in [4.78, 5) is 4.52. The van der Waals surface area contributed by atoms with Gasteiger partial charge >= 0.3 is 0 Å². The fourth-order valence-electron chi connectivity index (χ4n) is 1.13. The van der Waals surface area contributed by atoms with Crippen LogP contribution in [0.15, 0.2) is 18.2 Å². The summed E-state index contributed by atoms with van der Waals surface area (Å²) in [6.45, 7) is 2.42. The third-order valence-corrected chi connectivity index (χ3v) is 1.71. The minimum absolute atomic E-state index is 0.435. The molecule has 3 nitrogen and oxygen atoms in total. The van der Waals surface area contributed by atoms with Gasteiger partial charge in [-0.15, -0.1) is 0 Å². The zero-order chi connectivity index (χ0) is 8.97. The fraction of sp³-hybridized carbons (Fsp3) is 0.333. The molecule has 0 amide bonds. The Labute approximate surface area is 72.0 Å². The number of benzene rings is 1. The smallest absolute Gasteiger partial charge is 0.121 e. The van der Waals surface area contributed by atoms with Crippen LogP contribution in [0, 0.1) is 6.92 Å². The van der Waals surface area contributed by atoms with Crippen LogP contribution >= 0.6 is 0 Å². The van der Waals surface area contributed by atoms with E-state index in [1.807, 2.05) is 25.1 Å². The molecule has 0 aliphatic rings. The summed E-state index contributed by atoms with van der Waals surface area (Å²) in [5.41, 5.74) is 2.14. The van der Waals surface area contributed by atoms with Crippen LogP contribution in [0.5, 0.6) is 5.75 Å². The van der Waals surface area contributed by atoms with Crippen LogP contribution in [0.4, 0.5) is 0 Å². The molecule has 1 rings (SSSR count). The van der Waals surface area contributed by atoms with Crippen LogP contribution < -0.4 is 10.6 Å². The lowest BCUT2D eigenvalue weighted by Crippen LogP contribution is -1.99. The molecule has 0 aliphatic carbocycles. The lowest BCUT2D eigenvalue weighted by atomic mass is 10.1. The Kier molecular flexibility index (Phi) is 3.08. The second-order valence-corrected chi connectivity index (χ2v) is 2.61. The van der Waals surface area contributed by atoms with Gasteiger partial charge in [0.05, 0.1) is 13.7 Å². The first kappa shape index (κ1) is 9.03. The molecule has 0 saturated heterocycles. The molecule has 3 heteroatoms. The molecule has 12 heavy (non-hydrogen) atoms. The Bertz CT molecular complexity index is 261. The number of rotatable bonds is 3. The monoisotopic (exact) mass is 167 g/mol. The standard InChI is InChI=1S/C9H13NO2/c1-7-5-8(6-12-10)3-4-9(7)11-2/h3-5H,6,10H2,1-2H3. The van der Waals surface area contributed by atoms with Gasteiger partial charge in [-0.3, -0.25) is 4.84 Å². The molecule has 0 saturated carbocycles. The van der Waals surface area contributed by atoms with Crippen LogP contribution in [0.1, 0.15) is 11.1 Å².